The number of carbonyl (C=O) groups is 1. The first-order chi connectivity index (χ1) is 9.04. The molecule has 1 aromatic rings. The molecule has 1 rings (SSSR count). The number of carboxylic acids is 1. The summed E-state index contributed by atoms with van der Waals surface area (Å²) >= 11 is 0. The van der Waals surface area contributed by atoms with E-state index in [9.17, 15) is 14.9 Å². The summed E-state index contributed by atoms with van der Waals surface area (Å²) in [5.74, 6) is -0.980. The van der Waals surface area contributed by atoms with Crippen molar-refractivity contribution in [2.24, 2.45) is 0 Å². The molecular weight excluding hydrogens is 250 g/mol. The second-order valence-electron chi connectivity index (χ2n) is 3.58. The number of nitro benzene ring substituents is 1. The Morgan fingerprint density at radius 2 is 2.26 bits per heavy atom. The lowest BCUT2D eigenvalue weighted by molar-refractivity contribution is -0.385. The van der Waals surface area contributed by atoms with E-state index in [2.05, 4.69) is 6.58 Å². The number of carboxylic acid groups (broad SMARTS) is 1. The van der Waals surface area contributed by atoms with E-state index < -0.39 is 10.9 Å². The van der Waals surface area contributed by atoms with Crippen LogP contribution >= 0.6 is 0 Å². The predicted molar refractivity (Wildman–Crippen MR) is 70.1 cm³/mol. The van der Waals surface area contributed by atoms with Crippen LogP contribution in [0.1, 0.15) is 12.0 Å². The van der Waals surface area contributed by atoms with Gasteiger partial charge in [-0.2, -0.15) is 0 Å². The highest BCUT2D eigenvalue weighted by molar-refractivity contribution is 5.85. The van der Waals surface area contributed by atoms with Gasteiger partial charge in [0.2, 0.25) is 0 Å². The molecule has 0 bridgehead atoms. The number of rotatable bonds is 7. The normalized spacial score (nSPS) is 10.3. The van der Waals surface area contributed by atoms with Crippen molar-refractivity contribution in [1.82, 2.24) is 0 Å². The zero-order chi connectivity index (χ0) is 14.3. The first-order valence-corrected chi connectivity index (χ1v) is 5.47. The standard InChI is InChI=1S/C13H13NO5/c1-2-3-8-19-12-9-10(5-7-13(15)16)4-6-11(12)14(17)18/h2,4-7,9H,1,3,8H2,(H,15,16). The van der Waals surface area contributed by atoms with Crippen LogP contribution in [0.15, 0.2) is 36.9 Å². The highest BCUT2D eigenvalue weighted by atomic mass is 16.6. The number of nitro groups is 1. The lowest BCUT2D eigenvalue weighted by atomic mass is 10.1. The molecule has 0 aliphatic rings. The Bertz CT molecular complexity index is 522. The Balaban J connectivity index is 2.99. The largest absolute Gasteiger partial charge is 0.486 e. The molecule has 0 spiro atoms. The summed E-state index contributed by atoms with van der Waals surface area (Å²) in [4.78, 5) is 20.7. The van der Waals surface area contributed by atoms with Crippen LogP contribution in [0.25, 0.3) is 6.08 Å². The molecule has 0 aliphatic carbocycles. The molecule has 0 aliphatic heterocycles. The zero-order valence-corrected chi connectivity index (χ0v) is 10.1. The maximum atomic E-state index is 10.8. The maximum Gasteiger partial charge on any atom is 0.328 e. The fraction of sp³-hybridized carbons (Fsp3) is 0.154. The van der Waals surface area contributed by atoms with Crippen molar-refractivity contribution >= 4 is 17.7 Å². The molecule has 0 fully saturated rings. The maximum absolute atomic E-state index is 10.8. The Kier molecular flexibility index (Phi) is 5.28. The van der Waals surface area contributed by atoms with Gasteiger partial charge < -0.3 is 9.84 Å². The van der Waals surface area contributed by atoms with Gasteiger partial charge in [-0.15, -0.1) is 6.58 Å². The minimum Gasteiger partial charge on any atom is -0.486 e. The van der Waals surface area contributed by atoms with E-state index >= 15 is 0 Å². The molecule has 1 N–H and O–H groups in total. The Labute approximate surface area is 109 Å². The van der Waals surface area contributed by atoms with Crippen LogP contribution in [-0.2, 0) is 4.79 Å². The fourth-order valence-corrected chi connectivity index (χ4v) is 1.32. The minimum absolute atomic E-state index is 0.111. The third-order valence-electron chi connectivity index (χ3n) is 2.18. The number of hydrogen-bond acceptors (Lipinski definition) is 4. The third kappa shape index (κ3) is 4.63. The van der Waals surface area contributed by atoms with Gasteiger partial charge in [0, 0.05) is 12.1 Å². The summed E-state index contributed by atoms with van der Waals surface area (Å²) < 4.78 is 5.29. The first-order valence-electron chi connectivity index (χ1n) is 5.47. The van der Waals surface area contributed by atoms with Crippen LogP contribution in [0, 0.1) is 10.1 Å². The summed E-state index contributed by atoms with van der Waals surface area (Å²) in [5.41, 5.74) is 0.359. The van der Waals surface area contributed by atoms with Crippen molar-refractivity contribution in [3.8, 4) is 5.75 Å². The van der Waals surface area contributed by atoms with E-state index in [0.29, 0.717) is 12.0 Å². The van der Waals surface area contributed by atoms with Crippen LogP contribution in [0.3, 0.4) is 0 Å². The van der Waals surface area contributed by atoms with Crippen LogP contribution in [0.4, 0.5) is 5.69 Å². The van der Waals surface area contributed by atoms with Crippen LogP contribution in [0.5, 0.6) is 5.75 Å². The monoisotopic (exact) mass is 263 g/mol. The molecule has 0 saturated carbocycles. The molecule has 0 amide bonds. The summed E-state index contributed by atoms with van der Waals surface area (Å²) in [6.45, 7) is 3.80. The summed E-state index contributed by atoms with van der Waals surface area (Å²) in [6.07, 6.45) is 4.49. The highest BCUT2D eigenvalue weighted by Crippen LogP contribution is 2.28. The molecular formula is C13H13NO5. The fourth-order valence-electron chi connectivity index (χ4n) is 1.32. The van der Waals surface area contributed by atoms with Gasteiger partial charge in [0.05, 0.1) is 11.5 Å². The van der Waals surface area contributed by atoms with Crippen LogP contribution < -0.4 is 4.74 Å². The van der Waals surface area contributed by atoms with Crippen molar-refractivity contribution in [2.75, 3.05) is 6.61 Å². The molecule has 0 saturated heterocycles. The van der Waals surface area contributed by atoms with Crippen molar-refractivity contribution in [3.63, 3.8) is 0 Å². The molecule has 100 valence electrons. The Morgan fingerprint density at radius 1 is 1.53 bits per heavy atom. The Hall–Kier alpha value is -2.63. The van der Waals surface area contributed by atoms with Crippen LogP contribution in [0.2, 0.25) is 0 Å². The molecule has 6 nitrogen and oxygen atoms in total. The topological polar surface area (TPSA) is 89.7 Å². The van der Waals surface area contributed by atoms with Gasteiger partial charge in [0.15, 0.2) is 5.75 Å². The molecule has 19 heavy (non-hydrogen) atoms. The Morgan fingerprint density at radius 3 is 2.84 bits per heavy atom. The van der Waals surface area contributed by atoms with Crippen LogP contribution in [-0.4, -0.2) is 22.6 Å². The smallest absolute Gasteiger partial charge is 0.328 e. The minimum atomic E-state index is -1.09. The lowest BCUT2D eigenvalue weighted by Crippen LogP contribution is -2.00. The third-order valence-corrected chi connectivity index (χ3v) is 2.18. The molecule has 0 heterocycles. The molecule has 6 heteroatoms. The predicted octanol–water partition coefficient (Wildman–Crippen LogP) is 2.65. The molecule has 0 unspecified atom stereocenters. The number of nitrogens with zero attached hydrogens (tertiary/aromatic N) is 1. The second-order valence-corrected chi connectivity index (χ2v) is 3.58. The van der Waals surface area contributed by atoms with E-state index in [1.807, 2.05) is 0 Å². The summed E-state index contributed by atoms with van der Waals surface area (Å²) in [7, 11) is 0. The van der Waals surface area contributed by atoms with Gasteiger partial charge in [0.1, 0.15) is 0 Å². The van der Waals surface area contributed by atoms with Gasteiger partial charge in [-0.3, -0.25) is 10.1 Å². The van der Waals surface area contributed by atoms with E-state index in [1.165, 1.54) is 24.3 Å². The van der Waals surface area contributed by atoms with E-state index in [0.717, 1.165) is 6.08 Å². The van der Waals surface area contributed by atoms with Crippen molar-refractivity contribution in [2.45, 2.75) is 6.42 Å². The average Bonchev–Trinajstić information content (AvgIpc) is 2.36. The van der Waals surface area contributed by atoms with E-state index in [4.69, 9.17) is 9.84 Å². The average molecular weight is 263 g/mol. The van der Waals surface area contributed by atoms with Gasteiger partial charge >= 0.3 is 11.7 Å². The van der Waals surface area contributed by atoms with Gasteiger partial charge in [-0.25, -0.2) is 4.79 Å². The van der Waals surface area contributed by atoms with Gasteiger partial charge in [-0.05, 0) is 30.2 Å². The lowest BCUT2D eigenvalue weighted by Gasteiger charge is -2.06. The molecule has 0 atom stereocenters. The van der Waals surface area contributed by atoms with E-state index in [-0.39, 0.29) is 18.0 Å². The quantitative estimate of drug-likeness (QED) is 0.268. The van der Waals surface area contributed by atoms with Crippen molar-refractivity contribution < 1.29 is 19.6 Å². The summed E-state index contributed by atoms with van der Waals surface area (Å²) in [6, 6.07) is 4.17. The SMILES string of the molecule is C=CCCOc1cc(C=CC(=O)O)ccc1[N+](=O)[O-]. The second kappa shape index (κ2) is 6.95. The summed E-state index contributed by atoms with van der Waals surface area (Å²) in [5, 5.41) is 19.3. The highest BCUT2D eigenvalue weighted by Gasteiger charge is 2.14. The number of hydrogen-bond donors (Lipinski definition) is 1. The number of ether oxygens (including phenoxy) is 1. The van der Waals surface area contributed by atoms with Gasteiger partial charge in [-0.1, -0.05) is 6.08 Å². The molecule has 0 aromatic heterocycles. The van der Waals surface area contributed by atoms with Gasteiger partial charge in [0.25, 0.3) is 0 Å². The van der Waals surface area contributed by atoms with Crippen molar-refractivity contribution in [1.29, 1.82) is 0 Å². The van der Waals surface area contributed by atoms with E-state index in [1.54, 1.807) is 6.08 Å². The number of benzene rings is 1. The number of aliphatic carboxylic acids is 1. The molecule has 0 radical (unpaired) electrons. The van der Waals surface area contributed by atoms with Crippen molar-refractivity contribution in [3.05, 3.63) is 52.6 Å². The zero-order valence-electron chi connectivity index (χ0n) is 10.1. The first kappa shape index (κ1) is 14.4. The molecule has 1 aromatic carbocycles.